The maximum Gasteiger partial charge on any atom is 0.352 e. The minimum atomic E-state index is -1.26. The van der Waals surface area contributed by atoms with Crippen LogP contribution in [0.2, 0.25) is 0 Å². The third kappa shape index (κ3) is 5.46. The first-order chi connectivity index (χ1) is 20.6. The van der Waals surface area contributed by atoms with Crippen LogP contribution in [0.25, 0.3) is 0 Å². The maximum atomic E-state index is 13.7. The van der Waals surface area contributed by atoms with Crippen molar-refractivity contribution in [3.63, 3.8) is 0 Å². The lowest BCUT2D eigenvalue weighted by molar-refractivity contribution is -0.156. The lowest BCUT2D eigenvalue weighted by Crippen LogP contribution is -2.77. The number of nitrogen functional groups attached to an aromatic ring is 1. The molecule has 5 N–H and O–H groups in total. The number of anilines is 1. The van der Waals surface area contributed by atoms with Crippen molar-refractivity contribution >= 4 is 75.3 Å². The van der Waals surface area contributed by atoms with Gasteiger partial charge in [0, 0.05) is 25.4 Å². The van der Waals surface area contributed by atoms with E-state index in [9.17, 15) is 29.1 Å². The highest BCUT2D eigenvalue weighted by Gasteiger charge is 2.58. The van der Waals surface area contributed by atoms with Gasteiger partial charge in [-0.05, 0) is 16.6 Å². The fourth-order valence-corrected chi connectivity index (χ4v) is 8.20. The number of carboxylic acid groups (broad SMARTS) is 1. The predicted molar refractivity (Wildman–Crippen MR) is 156 cm³/mol. The van der Waals surface area contributed by atoms with E-state index in [0.29, 0.717) is 16.9 Å². The number of hydrogen-bond acceptors (Lipinski definition) is 14. The highest BCUT2D eigenvalue weighted by atomic mass is 32.2. The molecule has 0 aromatic carbocycles. The Morgan fingerprint density at radius 3 is 2.47 bits per heavy atom. The molecule has 2 saturated heterocycles. The number of thioether (sulfide) groups is 2. The summed E-state index contributed by atoms with van der Waals surface area (Å²) >= 11 is 3.64. The highest BCUT2D eigenvalue weighted by Crippen LogP contribution is 2.42. The third-order valence-corrected chi connectivity index (χ3v) is 10.2. The number of aromatic nitrogens is 1. The summed E-state index contributed by atoms with van der Waals surface area (Å²) in [6.45, 7) is 0.0869. The molecule has 43 heavy (non-hydrogen) atoms. The van der Waals surface area contributed by atoms with Gasteiger partial charge in [-0.1, -0.05) is 5.16 Å². The maximum absolute atomic E-state index is 13.7. The summed E-state index contributed by atoms with van der Waals surface area (Å²) in [5, 5.41) is 21.0. The standard InChI is InChI=1S/C24H27N7O9S3/c1-38-4-9-6-41-21-13(27-17(32)12(29-40-3)11-8-43-24(25)26-11)19(34)30(21)15(9)18(33)28-14-20(35)31-16(23(36)37)10(5-39-2)7-42-22(14)31/h6,8,13-15,21-22H,4-5,7H2,1-3H3,(H2,25,26)(H,27,32)(H,28,33)(H,36,37)/b29-12-/t13-,14-,15?,21-,22-/m1/s1. The Morgan fingerprint density at radius 1 is 1.12 bits per heavy atom. The van der Waals surface area contributed by atoms with Crippen molar-refractivity contribution in [2.24, 2.45) is 5.16 Å². The number of carbonyl (C=O) groups is 5. The number of ether oxygens (including phenoxy) is 2. The molecule has 19 heteroatoms. The number of nitrogens with one attached hydrogen (secondary N) is 2. The molecule has 2 fully saturated rings. The van der Waals surface area contributed by atoms with Gasteiger partial charge < -0.3 is 40.7 Å². The Hall–Kier alpha value is -3.65. The van der Waals surface area contributed by atoms with Gasteiger partial charge >= 0.3 is 5.97 Å². The number of carbonyl (C=O) groups excluding carboxylic acids is 4. The molecule has 4 aliphatic heterocycles. The zero-order valence-electron chi connectivity index (χ0n) is 23.0. The van der Waals surface area contributed by atoms with Crippen LogP contribution in [-0.2, 0) is 38.3 Å². The van der Waals surface area contributed by atoms with Crippen LogP contribution >= 0.6 is 34.9 Å². The van der Waals surface area contributed by atoms with Gasteiger partial charge in [-0.3, -0.25) is 24.1 Å². The number of rotatable bonds is 11. The number of oxime groups is 1. The average Bonchev–Trinajstić information content (AvgIpc) is 3.42. The van der Waals surface area contributed by atoms with Crippen LogP contribution in [0.1, 0.15) is 5.69 Å². The summed E-state index contributed by atoms with van der Waals surface area (Å²) in [6, 6.07) is -3.12. The van der Waals surface area contributed by atoms with Crippen LogP contribution in [-0.4, -0.2) is 124 Å². The molecular formula is C24H27N7O9S3. The fraction of sp³-hybridized carbons (Fsp3) is 0.458. The molecule has 5 heterocycles. The summed E-state index contributed by atoms with van der Waals surface area (Å²) in [5.41, 5.74) is 6.47. The van der Waals surface area contributed by atoms with Crippen LogP contribution in [0.3, 0.4) is 0 Å². The van der Waals surface area contributed by atoms with E-state index < -0.39 is 58.5 Å². The Bertz CT molecular complexity index is 1460. The van der Waals surface area contributed by atoms with Crippen molar-refractivity contribution in [3.05, 3.63) is 33.3 Å². The van der Waals surface area contributed by atoms with E-state index in [1.54, 1.807) is 5.41 Å². The second kappa shape index (κ2) is 12.5. The van der Waals surface area contributed by atoms with E-state index in [4.69, 9.17) is 20.0 Å². The van der Waals surface area contributed by atoms with E-state index in [2.05, 4.69) is 20.8 Å². The molecule has 1 aromatic heterocycles. The van der Waals surface area contributed by atoms with E-state index in [1.165, 1.54) is 55.1 Å². The Kier molecular flexibility index (Phi) is 8.97. The molecule has 0 bridgehead atoms. The van der Waals surface area contributed by atoms with Crippen molar-refractivity contribution in [1.82, 2.24) is 25.4 Å². The second-order valence-electron chi connectivity index (χ2n) is 9.53. The predicted octanol–water partition coefficient (Wildman–Crippen LogP) is -1.24. The number of nitrogens with two attached hydrogens (primary N) is 1. The van der Waals surface area contributed by atoms with Gasteiger partial charge in [0.15, 0.2) is 10.8 Å². The number of amides is 4. The van der Waals surface area contributed by atoms with Crippen LogP contribution < -0.4 is 16.4 Å². The lowest BCUT2D eigenvalue weighted by atomic mass is 9.96. The van der Waals surface area contributed by atoms with Crippen molar-refractivity contribution in [2.45, 2.75) is 28.9 Å². The van der Waals surface area contributed by atoms with E-state index in [0.717, 1.165) is 16.2 Å². The first kappa shape index (κ1) is 30.8. The van der Waals surface area contributed by atoms with E-state index in [-0.39, 0.29) is 35.4 Å². The topological polar surface area (TPSA) is 215 Å². The summed E-state index contributed by atoms with van der Waals surface area (Å²) in [6.07, 6.45) is 0. The van der Waals surface area contributed by atoms with Gasteiger partial charge in [0.2, 0.25) is 11.8 Å². The number of carboxylic acids is 1. The molecule has 4 aliphatic rings. The van der Waals surface area contributed by atoms with Gasteiger partial charge in [-0.25, -0.2) is 9.78 Å². The molecule has 230 valence electrons. The molecule has 4 amide bonds. The molecule has 1 unspecified atom stereocenters. The highest BCUT2D eigenvalue weighted by molar-refractivity contribution is 8.03. The first-order valence-electron chi connectivity index (χ1n) is 12.6. The third-order valence-electron chi connectivity index (χ3n) is 6.94. The molecular weight excluding hydrogens is 627 g/mol. The van der Waals surface area contributed by atoms with Gasteiger partial charge in [0.25, 0.3) is 11.8 Å². The monoisotopic (exact) mass is 653 g/mol. The Labute approximate surface area is 257 Å². The van der Waals surface area contributed by atoms with Gasteiger partial charge in [-0.15, -0.1) is 34.9 Å². The smallest absolute Gasteiger partial charge is 0.352 e. The summed E-state index contributed by atoms with van der Waals surface area (Å²) in [4.78, 5) is 76.4. The number of nitrogens with zero attached hydrogens (tertiary/aromatic N) is 4. The first-order valence-corrected chi connectivity index (χ1v) is 15.5. The minimum absolute atomic E-state index is 0.0314. The summed E-state index contributed by atoms with van der Waals surface area (Å²) in [7, 11) is 4.14. The molecule has 5 rings (SSSR count). The van der Waals surface area contributed by atoms with Crippen LogP contribution in [0.4, 0.5) is 5.13 Å². The number of aliphatic carboxylic acids is 1. The lowest BCUT2D eigenvalue weighted by Gasteiger charge is -2.53. The number of hydrogen-bond donors (Lipinski definition) is 4. The fourth-order valence-electron chi connectivity index (χ4n) is 5.11. The van der Waals surface area contributed by atoms with Gasteiger partial charge in [-0.2, -0.15) is 0 Å². The number of fused-ring (bicyclic) bond motifs is 2. The zero-order chi connectivity index (χ0) is 31.0. The van der Waals surface area contributed by atoms with Crippen LogP contribution in [0, 0.1) is 0 Å². The Balaban J connectivity index is 1.31. The van der Waals surface area contributed by atoms with Crippen molar-refractivity contribution in [2.75, 3.05) is 46.0 Å². The van der Waals surface area contributed by atoms with Crippen molar-refractivity contribution < 1.29 is 43.4 Å². The van der Waals surface area contributed by atoms with E-state index in [1.807, 2.05) is 0 Å². The quantitative estimate of drug-likeness (QED) is 0.125. The summed E-state index contributed by atoms with van der Waals surface area (Å²) < 4.78 is 10.3. The molecule has 1 aromatic rings. The molecule has 0 radical (unpaired) electrons. The normalized spacial score (nSPS) is 26.5. The SMILES string of the molecule is COCC1=CS[C@@H]2[C@H](NC(=O)/C(=N\OC)c3csc(N)n3)C(=O)N2C1C(=O)N[C@@H]1C(=O)N2C(C(=O)O)=C(COC)CS[C@H]12. The molecule has 0 aliphatic carbocycles. The second-order valence-corrected chi connectivity index (χ2v) is 12.5. The van der Waals surface area contributed by atoms with Crippen molar-refractivity contribution in [3.8, 4) is 0 Å². The Morgan fingerprint density at radius 2 is 1.84 bits per heavy atom. The average molecular weight is 654 g/mol. The van der Waals surface area contributed by atoms with E-state index >= 15 is 0 Å². The molecule has 16 nitrogen and oxygen atoms in total. The summed E-state index contributed by atoms with van der Waals surface area (Å²) in [5.74, 6) is -3.42. The molecule has 0 spiro atoms. The number of β-lactam (4-membered cyclic amide) rings is 2. The molecule has 0 saturated carbocycles. The zero-order valence-corrected chi connectivity index (χ0v) is 25.4. The minimum Gasteiger partial charge on any atom is -0.477 e. The van der Waals surface area contributed by atoms with Gasteiger partial charge in [0.05, 0.1) is 13.2 Å². The van der Waals surface area contributed by atoms with Crippen LogP contribution in [0.5, 0.6) is 0 Å². The van der Waals surface area contributed by atoms with Crippen LogP contribution in [0.15, 0.2) is 32.8 Å². The van der Waals surface area contributed by atoms with Gasteiger partial charge in [0.1, 0.15) is 47.4 Å². The largest absolute Gasteiger partial charge is 0.477 e. The number of methoxy groups -OCH3 is 2. The van der Waals surface area contributed by atoms with Crippen molar-refractivity contribution in [1.29, 1.82) is 0 Å². The molecule has 5 atom stereocenters. The number of thiazole rings is 1.